The zero-order valence-corrected chi connectivity index (χ0v) is 17.3. The maximum absolute atomic E-state index is 12.7. The van der Waals surface area contributed by atoms with Crippen molar-refractivity contribution in [2.45, 2.75) is 6.54 Å². The van der Waals surface area contributed by atoms with Crippen molar-refractivity contribution in [3.63, 3.8) is 0 Å². The van der Waals surface area contributed by atoms with Crippen molar-refractivity contribution < 1.29 is 17.4 Å². The van der Waals surface area contributed by atoms with Gasteiger partial charge >= 0.3 is 10.1 Å². The van der Waals surface area contributed by atoms with Gasteiger partial charge in [0.05, 0.1) is 22.7 Å². The lowest BCUT2D eigenvalue weighted by Crippen LogP contribution is -2.27. The summed E-state index contributed by atoms with van der Waals surface area (Å²) in [5.41, 5.74) is 1.63. The number of nitrogens with zero attached hydrogens (tertiary/aromatic N) is 1. The Labute approximate surface area is 172 Å². The number of hydrogen-bond acceptors (Lipinski definition) is 6. The third-order valence-electron chi connectivity index (χ3n) is 3.55. The lowest BCUT2D eigenvalue weighted by molar-refractivity contribution is -0.122. The second-order valence-corrected chi connectivity index (χ2v) is 9.39. The van der Waals surface area contributed by atoms with Crippen LogP contribution in [-0.4, -0.2) is 29.8 Å². The van der Waals surface area contributed by atoms with Crippen LogP contribution in [0.3, 0.4) is 0 Å². The van der Waals surface area contributed by atoms with Gasteiger partial charge < -0.3 is 4.18 Å². The van der Waals surface area contributed by atoms with Crippen LogP contribution in [0.4, 0.5) is 0 Å². The molecule has 9 heteroatoms. The van der Waals surface area contributed by atoms with Gasteiger partial charge in [-0.15, -0.1) is 0 Å². The van der Waals surface area contributed by atoms with E-state index in [1.807, 2.05) is 30.3 Å². The van der Waals surface area contributed by atoms with E-state index in [-0.39, 0.29) is 16.7 Å². The van der Waals surface area contributed by atoms with Crippen LogP contribution in [0, 0.1) is 0 Å². The zero-order chi connectivity index (χ0) is 19.6. The molecule has 5 nitrogen and oxygen atoms in total. The number of carbonyl (C=O) groups excluding carboxylic acids is 1. The highest BCUT2D eigenvalue weighted by atomic mass is 35.5. The molecule has 27 heavy (non-hydrogen) atoms. The van der Waals surface area contributed by atoms with Crippen LogP contribution in [0.1, 0.15) is 11.1 Å². The van der Waals surface area contributed by atoms with Crippen molar-refractivity contribution in [1.82, 2.24) is 4.90 Å². The van der Waals surface area contributed by atoms with E-state index in [0.717, 1.165) is 11.8 Å². The van der Waals surface area contributed by atoms with Crippen molar-refractivity contribution in [2.75, 3.05) is 6.26 Å². The maximum atomic E-state index is 12.7. The van der Waals surface area contributed by atoms with E-state index >= 15 is 0 Å². The number of rotatable bonds is 5. The van der Waals surface area contributed by atoms with Crippen LogP contribution < -0.4 is 4.18 Å². The van der Waals surface area contributed by atoms with Gasteiger partial charge in [0, 0.05) is 0 Å². The van der Waals surface area contributed by atoms with Crippen LogP contribution in [0.15, 0.2) is 53.4 Å². The predicted octanol–water partition coefficient (Wildman–Crippen LogP) is 4.08. The molecule has 2 aromatic rings. The lowest BCUT2D eigenvalue weighted by Gasteiger charge is -2.14. The first kappa shape index (κ1) is 19.9. The summed E-state index contributed by atoms with van der Waals surface area (Å²) < 4.78 is 27.7. The zero-order valence-electron chi connectivity index (χ0n) is 14.1. The summed E-state index contributed by atoms with van der Waals surface area (Å²) in [7, 11) is -3.67. The van der Waals surface area contributed by atoms with Gasteiger partial charge in [0.15, 0.2) is 5.75 Å². The van der Waals surface area contributed by atoms with Crippen LogP contribution in [-0.2, 0) is 21.5 Å². The fourth-order valence-corrected chi connectivity index (χ4v) is 4.39. The van der Waals surface area contributed by atoms with Gasteiger partial charge in [-0.3, -0.25) is 9.69 Å². The predicted molar refractivity (Wildman–Crippen MR) is 112 cm³/mol. The summed E-state index contributed by atoms with van der Waals surface area (Å²) in [4.78, 5) is 14.7. The average molecular weight is 440 g/mol. The molecule has 0 spiro atoms. The van der Waals surface area contributed by atoms with Gasteiger partial charge in [0.25, 0.3) is 5.91 Å². The fourth-order valence-electron chi connectivity index (χ4n) is 2.39. The normalized spacial score (nSPS) is 16.2. The molecule has 0 saturated carbocycles. The van der Waals surface area contributed by atoms with Crippen molar-refractivity contribution in [3.05, 3.63) is 69.6 Å². The second kappa shape index (κ2) is 8.02. The topological polar surface area (TPSA) is 63.7 Å². The van der Waals surface area contributed by atoms with Gasteiger partial charge in [-0.25, -0.2) is 0 Å². The molecule has 1 aliphatic rings. The molecule has 0 atom stereocenters. The smallest absolute Gasteiger partial charge is 0.306 e. The monoisotopic (exact) mass is 439 g/mol. The summed E-state index contributed by atoms with van der Waals surface area (Å²) >= 11 is 12.6. The number of thiocarbonyl (C=S) groups is 1. The average Bonchev–Trinajstić information content (AvgIpc) is 2.85. The van der Waals surface area contributed by atoms with E-state index in [1.54, 1.807) is 17.0 Å². The number of carbonyl (C=O) groups is 1. The summed E-state index contributed by atoms with van der Waals surface area (Å²) in [5, 5.41) is 0.133. The van der Waals surface area contributed by atoms with Gasteiger partial charge in [-0.1, -0.05) is 72.0 Å². The summed E-state index contributed by atoms with van der Waals surface area (Å²) in [6, 6.07) is 14.2. The summed E-state index contributed by atoms with van der Waals surface area (Å²) in [6.45, 7) is 0.407. The minimum Gasteiger partial charge on any atom is -0.381 e. The first-order valence-corrected chi connectivity index (χ1v) is 11.1. The fraction of sp³-hybridized carbons (Fsp3) is 0.111. The Morgan fingerprint density at radius 3 is 2.56 bits per heavy atom. The highest BCUT2D eigenvalue weighted by Gasteiger charge is 2.31. The molecule has 0 aromatic heterocycles. The van der Waals surface area contributed by atoms with Gasteiger partial charge in [-0.2, -0.15) is 8.42 Å². The molecule has 140 valence electrons. The molecule has 3 rings (SSSR count). The molecule has 0 N–H and O–H groups in total. The number of amides is 1. The molecule has 1 aliphatic heterocycles. The van der Waals surface area contributed by atoms with E-state index in [1.165, 1.54) is 23.9 Å². The Kier molecular flexibility index (Phi) is 5.90. The number of benzene rings is 2. The highest BCUT2D eigenvalue weighted by molar-refractivity contribution is 8.26. The van der Waals surface area contributed by atoms with E-state index in [0.29, 0.717) is 21.3 Å². The first-order chi connectivity index (χ1) is 12.7. The minimum atomic E-state index is -3.67. The Morgan fingerprint density at radius 2 is 1.93 bits per heavy atom. The number of thioether (sulfide) groups is 1. The molecule has 0 radical (unpaired) electrons. The molecule has 1 heterocycles. The van der Waals surface area contributed by atoms with Gasteiger partial charge in [0.2, 0.25) is 0 Å². The second-order valence-electron chi connectivity index (χ2n) is 5.73. The number of halogens is 1. The van der Waals surface area contributed by atoms with Crippen molar-refractivity contribution in [1.29, 1.82) is 0 Å². The molecule has 1 saturated heterocycles. The van der Waals surface area contributed by atoms with Crippen molar-refractivity contribution in [3.8, 4) is 5.75 Å². The Morgan fingerprint density at radius 1 is 1.22 bits per heavy atom. The highest BCUT2D eigenvalue weighted by Crippen LogP contribution is 2.35. The lowest BCUT2D eigenvalue weighted by atomic mass is 10.2. The largest absolute Gasteiger partial charge is 0.381 e. The van der Waals surface area contributed by atoms with Crippen LogP contribution in [0.25, 0.3) is 6.08 Å². The molecule has 1 fully saturated rings. The molecule has 0 aliphatic carbocycles. The minimum absolute atomic E-state index is 0.0351. The Bertz CT molecular complexity index is 1040. The molecule has 0 bridgehead atoms. The maximum Gasteiger partial charge on any atom is 0.306 e. The van der Waals surface area contributed by atoms with Crippen molar-refractivity contribution >= 4 is 62.0 Å². The molecule has 2 aromatic carbocycles. The van der Waals surface area contributed by atoms with Gasteiger partial charge in [-0.05, 0) is 29.3 Å². The van der Waals surface area contributed by atoms with E-state index < -0.39 is 10.1 Å². The number of hydrogen-bond donors (Lipinski definition) is 0. The van der Waals surface area contributed by atoms with E-state index in [2.05, 4.69) is 0 Å². The third kappa shape index (κ3) is 5.10. The molecule has 0 unspecified atom stereocenters. The SMILES string of the molecule is CS(=O)(=O)Oc1ccc(/C=C2\SC(=S)N(Cc3ccccc3)C2=O)cc1Cl. The molecular weight excluding hydrogens is 426 g/mol. The van der Waals surface area contributed by atoms with Crippen LogP contribution >= 0.6 is 35.6 Å². The Balaban J connectivity index is 1.80. The van der Waals surface area contributed by atoms with Gasteiger partial charge in [0.1, 0.15) is 4.32 Å². The quantitative estimate of drug-likeness (QED) is 0.397. The molecular formula is C18H14ClNO4S3. The third-order valence-corrected chi connectivity index (χ3v) is 5.71. The summed E-state index contributed by atoms with van der Waals surface area (Å²) in [6.07, 6.45) is 2.61. The van der Waals surface area contributed by atoms with E-state index in [4.69, 9.17) is 28.0 Å². The van der Waals surface area contributed by atoms with E-state index in [9.17, 15) is 13.2 Å². The van der Waals surface area contributed by atoms with Crippen LogP contribution in [0.5, 0.6) is 5.75 Å². The first-order valence-electron chi connectivity index (χ1n) is 7.71. The summed E-state index contributed by atoms with van der Waals surface area (Å²) in [5.74, 6) is -0.144. The van der Waals surface area contributed by atoms with Crippen LogP contribution in [0.2, 0.25) is 5.02 Å². The standard InChI is InChI=1S/C18H14ClNO4S3/c1-27(22,23)24-15-8-7-13(9-14(15)19)10-16-17(21)20(18(25)26-16)11-12-5-3-2-4-6-12/h2-10H,11H2,1H3/b16-10-. The Hall–Kier alpha value is -1.87. The molecule has 1 amide bonds. The van der Waals surface area contributed by atoms with Crippen molar-refractivity contribution in [2.24, 2.45) is 0 Å².